The van der Waals surface area contributed by atoms with E-state index in [-0.39, 0.29) is 11.6 Å². The van der Waals surface area contributed by atoms with Gasteiger partial charge in [-0.3, -0.25) is 4.79 Å². The van der Waals surface area contributed by atoms with Gasteiger partial charge in [-0.05, 0) is 37.1 Å². The van der Waals surface area contributed by atoms with Gasteiger partial charge in [-0.25, -0.2) is 8.78 Å². The quantitative estimate of drug-likeness (QED) is 0.881. The van der Waals surface area contributed by atoms with Gasteiger partial charge in [-0.2, -0.15) is 0 Å². The lowest BCUT2D eigenvalue weighted by molar-refractivity contribution is 0.103. The second-order valence-corrected chi connectivity index (χ2v) is 5.78. The number of amides is 1. The zero-order valence-corrected chi connectivity index (χ0v) is 12.1. The molecule has 0 atom stereocenters. The fourth-order valence-electron chi connectivity index (χ4n) is 1.92. The van der Waals surface area contributed by atoms with Crippen LogP contribution in [0.25, 0.3) is 0 Å². The molecule has 2 aromatic rings. The smallest absolute Gasteiger partial charge is 0.265 e. The number of benzene rings is 1. The molecule has 0 bridgehead atoms. The average Bonchev–Trinajstić information content (AvgIpc) is 2.76. The molecular formula is C15H15F2NOS. The zero-order valence-electron chi connectivity index (χ0n) is 11.3. The number of thiophene rings is 1. The summed E-state index contributed by atoms with van der Waals surface area (Å²) in [6, 6.07) is 5.16. The van der Waals surface area contributed by atoms with Crippen molar-refractivity contribution in [3.05, 3.63) is 51.2 Å². The standard InChI is InChI=1S/C15H15F2NOS/c1-3-4-10-7-14(20-9(10)2)15(19)18-11-5-6-12(16)13(17)8-11/h5-8H,3-4H2,1-2H3,(H,18,19). The molecule has 0 fully saturated rings. The Kier molecular flexibility index (Phi) is 4.49. The van der Waals surface area contributed by atoms with Crippen LogP contribution in [0.4, 0.5) is 14.5 Å². The first-order valence-electron chi connectivity index (χ1n) is 6.37. The van der Waals surface area contributed by atoms with E-state index in [0.29, 0.717) is 4.88 Å². The Morgan fingerprint density at radius 2 is 2.00 bits per heavy atom. The van der Waals surface area contributed by atoms with Crippen molar-refractivity contribution in [3.63, 3.8) is 0 Å². The Bertz CT molecular complexity index is 637. The fraction of sp³-hybridized carbons (Fsp3) is 0.267. The highest BCUT2D eigenvalue weighted by molar-refractivity contribution is 7.14. The average molecular weight is 295 g/mol. The van der Waals surface area contributed by atoms with Gasteiger partial charge in [0, 0.05) is 16.6 Å². The summed E-state index contributed by atoms with van der Waals surface area (Å²) < 4.78 is 25.9. The third-order valence-corrected chi connectivity index (χ3v) is 4.03. The summed E-state index contributed by atoms with van der Waals surface area (Å²) in [6.07, 6.45) is 1.95. The minimum atomic E-state index is -0.975. The lowest BCUT2D eigenvalue weighted by Gasteiger charge is -2.03. The van der Waals surface area contributed by atoms with Crippen LogP contribution in [-0.4, -0.2) is 5.91 Å². The Labute approximate surface area is 120 Å². The summed E-state index contributed by atoms with van der Waals surface area (Å²) in [5.74, 6) is -2.21. The van der Waals surface area contributed by atoms with Crippen LogP contribution in [0, 0.1) is 18.6 Å². The minimum absolute atomic E-state index is 0.247. The first-order chi connectivity index (χ1) is 9.51. The van der Waals surface area contributed by atoms with Crippen molar-refractivity contribution >= 4 is 22.9 Å². The molecule has 20 heavy (non-hydrogen) atoms. The van der Waals surface area contributed by atoms with E-state index in [0.717, 1.165) is 35.4 Å². The van der Waals surface area contributed by atoms with E-state index in [9.17, 15) is 13.6 Å². The molecule has 1 aromatic carbocycles. The van der Waals surface area contributed by atoms with Gasteiger partial charge in [0.15, 0.2) is 11.6 Å². The molecule has 1 amide bonds. The molecule has 0 aliphatic rings. The van der Waals surface area contributed by atoms with Gasteiger partial charge in [0.25, 0.3) is 5.91 Å². The lowest BCUT2D eigenvalue weighted by atomic mass is 10.1. The highest BCUT2D eigenvalue weighted by Gasteiger charge is 2.13. The van der Waals surface area contributed by atoms with E-state index in [1.165, 1.54) is 17.4 Å². The predicted molar refractivity (Wildman–Crippen MR) is 77.4 cm³/mol. The van der Waals surface area contributed by atoms with Crippen LogP contribution >= 0.6 is 11.3 Å². The van der Waals surface area contributed by atoms with Gasteiger partial charge < -0.3 is 5.32 Å². The molecule has 0 aliphatic heterocycles. The molecule has 1 N–H and O–H groups in total. The van der Waals surface area contributed by atoms with Crippen LogP contribution in [0.1, 0.15) is 33.5 Å². The van der Waals surface area contributed by atoms with E-state index in [4.69, 9.17) is 0 Å². The highest BCUT2D eigenvalue weighted by atomic mass is 32.1. The number of halogens is 2. The maximum absolute atomic E-state index is 13.1. The van der Waals surface area contributed by atoms with E-state index in [1.54, 1.807) is 0 Å². The van der Waals surface area contributed by atoms with E-state index in [2.05, 4.69) is 12.2 Å². The number of hydrogen-bond donors (Lipinski definition) is 1. The first-order valence-corrected chi connectivity index (χ1v) is 7.18. The summed E-state index contributed by atoms with van der Waals surface area (Å²) in [5, 5.41) is 2.57. The topological polar surface area (TPSA) is 29.1 Å². The summed E-state index contributed by atoms with van der Waals surface area (Å²) in [4.78, 5) is 13.8. The van der Waals surface area contributed by atoms with Crippen molar-refractivity contribution in [2.24, 2.45) is 0 Å². The third-order valence-electron chi connectivity index (χ3n) is 2.94. The minimum Gasteiger partial charge on any atom is -0.321 e. The molecule has 5 heteroatoms. The molecule has 0 spiro atoms. The highest BCUT2D eigenvalue weighted by Crippen LogP contribution is 2.24. The van der Waals surface area contributed by atoms with Crippen LogP contribution in [0.2, 0.25) is 0 Å². The second-order valence-electron chi connectivity index (χ2n) is 4.53. The van der Waals surface area contributed by atoms with Crippen molar-refractivity contribution in [2.45, 2.75) is 26.7 Å². The van der Waals surface area contributed by atoms with Crippen LogP contribution in [-0.2, 0) is 6.42 Å². The molecule has 1 aromatic heterocycles. The van der Waals surface area contributed by atoms with E-state index >= 15 is 0 Å². The van der Waals surface area contributed by atoms with Gasteiger partial charge in [0.1, 0.15) is 0 Å². The molecule has 0 unspecified atom stereocenters. The second kappa shape index (κ2) is 6.13. The van der Waals surface area contributed by atoms with Gasteiger partial charge in [0.05, 0.1) is 4.88 Å². The number of anilines is 1. The van der Waals surface area contributed by atoms with Gasteiger partial charge in [-0.1, -0.05) is 13.3 Å². The van der Waals surface area contributed by atoms with E-state index < -0.39 is 11.6 Å². The largest absolute Gasteiger partial charge is 0.321 e. The van der Waals surface area contributed by atoms with Crippen molar-refractivity contribution in [1.82, 2.24) is 0 Å². The van der Waals surface area contributed by atoms with E-state index in [1.807, 2.05) is 13.0 Å². The van der Waals surface area contributed by atoms with Crippen molar-refractivity contribution in [2.75, 3.05) is 5.32 Å². The van der Waals surface area contributed by atoms with Gasteiger partial charge >= 0.3 is 0 Å². The number of hydrogen-bond acceptors (Lipinski definition) is 2. The third kappa shape index (κ3) is 3.22. The van der Waals surface area contributed by atoms with Crippen LogP contribution in [0.15, 0.2) is 24.3 Å². The number of carbonyl (C=O) groups excluding carboxylic acids is 1. The van der Waals surface area contributed by atoms with Crippen molar-refractivity contribution < 1.29 is 13.6 Å². The number of nitrogens with one attached hydrogen (secondary N) is 1. The molecule has 0 saturated heterocycles. The first kappa shape index (κ1) is 14.7. The maximum Gasteiger partial charge on any atom is 0.265 e. The van der Waals surface area contributed by atoms with Crippen LogP contribution in [0.5, 0.6) is 0 Å². The lowest BCUT2D eigenvalue weighted by Crippen LogP contribution is -2.10. The molecule has 2 rings (SSSR count). The maximum atomic E-state index is 13.1. The van der Waals surface area contributed by atoms with Gasteiger partial charge in [0.2, 0.25) is 0 Å². The normalized spacial score (nSPS) is 10.6. The SMILES string of the molecule is CCCc1cc(C(=O)Nc2ccc(F)c(F)c2)sc1C. The Morgan fingerprint density at radius 3 is 2.65 bits per heavy atom. The molecule has 1 heterocycles. The molecule has 0 aliphatic carbocycles. The number of carbonyl (C=O) groups is 1. The monoisotopic (exact) mass is 295 g/mol. The predicted octanol–water partition coefficient (Wildman–Crippen LogP) is 4.54. The molecule has 0 radical (unpaired) electrons. The summed E-state index contributed by atoms with van der Waals surface area (Å²) in [5.41, 5.74) is 1.41. The van der Waals surface area contributed by atoms with Crippen LogP contribution < -0.4 is 5.32 Å². The molecule has 106 valence electrons. The van der Waals surface area contributed by atoms with Gasteiger partial charge in [-0.15, -0.1) is 11.3 Å². The number of rotatable bonds is 4. The molecule has 0 saturated carbocycles. The Balaban J connectivity index is 2.15. The fourth-order valence-corrected chi connectivity index (χ4v) is 2.88. The summed E-state index contributed by atoms with van der Waals surface area (Å²) in [6.45, 7) is 4.06. The number of aryl methyl sites for hydroxylation is 2. The summed E-state index contributed by atoms with van der Waals surface area (Å²) in [7, 11) is 0. The molecular weight excluding hydrogens is 280 g/mol. The van der Waals surface area contributed by atoms with Crippen molar-refractivity contribution in [3.8, 4) is 0 Å². The zero-order chi connectivity index (χ0) is 14.7. The summed E-state index contributed by atoms with van der Waals surface area (Å²) >= 11 is 1.41. The van der Waals surface area contributed by atoms with Crippen molar-refractivity contribution in [1.29, 1.82) is 0 Å². The van der Waals surface area contributed by atoms with Crippen LogP contribution in [0.3, 0.4) is 0 Å². The Hall–Kier alpha value is -1.75. The Morgan fingerprint density at radius 1 is 1.25 bits per heavy atom. The molecule has 2 nitrogen and oxygen atoms in total.